The fourth-order valence-corrected chi connectivity index (χ4v) is 2.47. The Morgan fingerprint density at radius 1 is 1.05 bits per heavy atom. The van der Waals surface area contributed by atoms with E-state index in [1.165, 1.54) is 11.1 Å². The summed E-state index contributed by atoms with van der Waals surface area (Å²) in [7, 11) is 2.15. The molecule has 3 heteroatoms. The summed E-state index contributed by atoms with van der Waals surface area (Å²) in [5.41, 5.74) is 9.17. The quantitative estimate of drug-likeness (QED) is 0.852. The standard InChI is InChI=1S/C16H19BrN2/c1-19(12-14-5-7-16(18)8-6-14)10-9-13-3-2-4-15(17)11-13/h2-8,11H,9-10,12,18H2,1H3. The Bertz CT molecular complexity index is 523. The summed E-state index contributed by atoms with van der Waals surface area (Å²) in [6, 6.07) is 16.6. The maximum absolute atomic E-state index is 5.69. The lowest BCUT2D eigenvalue weighted by Crippen LogP contribution is -2.20. The summed E-state index contributed by atoms with van der Waals surface area (Å²) in [5, 5.41) is 0. The van der Waals surface area contributed by atoms with Crippen molar-refractivity contribution >= 4 is 21.6 Å². The molecule has 0 atom stereocenters. The van der Waals surface area contributed by atoms with E-state index in [9.17, 15) is 0 Å². The molecule has 2 aromatic carbocycles. The van der Waals surface area contributed by atoms with Gasteiger partial charge in [-0.15, -0.1) is 0 Å². The number of hydrogen-bond acceptors (Lipinski definition) is 2. The molecule has 0 aliphatic heterocycles. The van der Waals surface area contributed by atoms with E-state index in [1.807, 2.05) is 12.1 Å². The average molecular weight is 319 g/mol. The Hall–Kier alpha value is -1.32. The number of rotatable bonds is 5. The van der Waals surface area contributed by atoms with Crippen LogP contribution in [-0.2, 0) is 13.0 Å². The van der Waals surface area contributed by atoms with Gasteiger partial charge in [0.25, 0.3) is 0 Å². The molecule has 0 radical (unpaired) electrons. The van der Waals surface area contributed by atoms with Gasteiger partial charge in [-0.1, -0.05) is 40.2 Å². The van der Waals surface area contributed by atoms with Crippen molar-refractivity contribution in [3.05, 3.63) is 64.1 Å². The van der Waals surface area contributed by atoms with Gasteiger partial charge in [0.05, 0.1) is 0 Å². The van der Waals surface area contributed by atoms with Crippen LogP contribution in [0.15, 0.2) is 53.0 Å². The zero-order valence-corrected chi connectivity index (χ0v) is 12.7. The molecule has 0 amide bonds. The number of likely N-dealkylation sites (N-methyl/N-ethyl adjacent to an activating group) is 1. The average Bonchev–Trinajstić information content (AvgIpc) is 2.39. The molecule has 0 aromatic heterocycles. The van der Waals surface area contributed by atoms with E-state index in [2.05, 4.69) is 64.3 Å². The van der Waals surface area contributed by atoms with Crippen molar-refractivity contribution in [3.63, 3.8) is 0 Å². The van der Waals surface area contributed by atoms with Crippen LogP contribution in [0.4, 0.5) is 5.69 Å². The van der Waals surface area contributed by atoms with Crippen molar-refractivity contribution < 1.29 is 0 Å². The molecule has 0 bridgehead atoms. The summed E-state index contributed by atoms with van der Waals surface area (Å²) in [6.07, 6.45) is 1.06. The monoisotopic (exact) mass is 318 g/mol. The van der Waals surface area contributed by atoms with Gasteiger partial charge in [-0.2, -0.15) is 0 Å². The molecule has 2 N–H and O–H groups in total. The van der Waals surface area contributed by atoms with Gasteiger partial charge in [-0.3, -0.25) is 0 Å². The van der Waals surface area contributed by atoms with Crippen LogP contribution >= 0.6 is 15.9 Å². The fraction of sp³-hybridized carbons (Fsp3) is 0.250. The van der Waals surface area contributed by atoms with Gasteiger partial charge < -0.3 is 10.6 Å². The number of nitrogens with zero attached hydrogens (tertiary/aromatic N) is 1. The Morgan fingerprint density at radius 3 is 2.47 bits per heavy atom. The molecule has 0 spiro atoms. The molecule has 2 nitrogen and oxygen atoms in total. The molecule has 0 saturated carbocycles. The second-order valence-electron chi connectivity index (χ2n) is 4.86. The van der Waals surface area contributed by atoms with Crippen LogP contribution in [0, 0.1) is 0 Å². The summed E-state index contributed by atoms with van der Waals surface area (Å²) in [6.45, 7) is 2.00. The number of halogens is 1. The second-order valence-corrected chi connectivity index (χ2v) is 5.77. The van der Waals surface area contributed by atoms with Crippen molar-refractivity contribution in [1.29, 1.82) is 0 Å². The predicted octanol–water partition coefficient (Wildman–Crippen LogP) is 3.71. The van der Waals surface area contributed by atoms with Crippen molar-refractivity contribution in [2.75, 3.05) is 19.3 Å². The molecule has 0 heterocycles. The van der Waals surface area contributed by atoms with Crippen LogP contribution in [0.3, 0.4) is 0 Å². The number of nitrogen functional groups attached to an aromatic ring is 1. The first-order valence-corrected chi connectivity index (χ1v) is 7.20. The molecular weight excluding hydrogens is 300 g/mol. The van der Waals surface area contributed by atoms with Gasteiger partial charge in [0, 0.05) is 23.2 Å². The lowest BCUT2D eigenvalue weighted by Gasteiger charge is -2.16. The van der Waals surface area contributed by atoms with Gasteiger partial charge in [0.1, 0.15) is 0 Å². The molecule has 100 valence electrons. The normalized spacial score (nSPS) is 10.9. The SMILES string of the molecule is CN(CCc1cccc(Br)c1)Cc1ccc(N)cc1. The Labute approximate surface area is 123 Å². The zero-order chi connectivity index (χ0) is 13.7. The molecule has 0 fully saturated rings. The first-order valence-electron chi connectivity index (χ1n) is 6.41. The molecule has 2 rings (SSSR count). The van der Waals surface area contributed by atoms with Crippen molar-refractivity contribution in [2.45, 2.75) is 13.0 Å². The van der Waals surface area contributed by atoms with Gasteiger partial charge >= 0.3 is 0 Å². The minimum atomic E-state index is 0.820. The third kappa shape index (κ3) is 4.69. The van der Waals surface area contributed by atoms with E-state index in [0.29, 0.717) is 0 Å². The fourth-order valence-electron chi connectivity index (χ4n) is 2.03. The van der Waals surface area contributed by atoms with Crippen LogP contribution in [0.25, 0.3) is 0 Å². The van der Waals surface area contributed by atoms with Crippen LogP contribution in [-0.4, -0.2) is 18.5 Å². The molecule has 0 aliphatic rings. The van der Waals surface area contributed by atoms with E-state index < -0.39 is 0 Å². The van der Waals surface area contributed by atoms with Crippen molar-refractivity contribution in [3.8, 4) is 0 Å². The van der Waals surface area contributed by atoms with Crippen LogP contribution in [0.1, 0.15) is 11.1 Å². The number of anilines is 1. The molecular formula is C16H19BrN2. The highest BCUT2D eigenvalue weighted by Crippen LogP contribution is 2.13. The molecule has 0 unspecified atom stereocenters. The predicted molar refractivity (Wildman–Crippen MR) is 85.0 cm³/mol. The summed E-state index contributed by atoms with van der Waals surface area (Å²) in [4.78, 5) is 2.33. The number of hydrogen-bond donors (Lipinski definition) is 1. The summed E-state index contributed by atoms with van der Waals surface area (Å²) < 4.78 is 1.14. The molecule has 19 heavy (non-hydrogen) atoms. The molecule has 2 aromatic rings. The minimum absolute atomic E-state index is 0.820. The van der Waals surface area contributed by atoms with Gasteiger partial charge in [0.15, 0.2) is 0 Å². The van der Waals surface area contributed by atoms with Crippen molar-refractivity contribution in [2.24, 2.45) is 0 Å². The second kappa shape index (κ2) is 6.73. The van der Waals surface area contributed by atoms with Gasteiger partial charge in [-0.05, 0) is 48.9 Å². The largest absolute Gasteiger partial charge is 0.399 e. The van der Waals surface area contributed by atoms with E-state index >= 15 is 0 Å². The highest BCUT2D eigenvalue weighted by molar-refractivity contribution is 9.10. The Balaban J connectivity index is 1.84. The van der Waals surface area contributed by atoms with Crippen LogP contribution < -0.4 is 5.73 Å². The highest BCUT2D eigenvalue weighted by atomic mass is 79.9. The maximum Gasteiger partial charge on any atom is 0.0314 e. The topological polar surface area (TPSA) is 29.3 Å². The van der Waals surface area contributed by atoms with E-state index in [-0.39, 0.29) is 0 Å². The summed E-state index contributed by atoms with van der Waals surface area (Å²) >= 11 is 3.50. The Kier molecular flexibility index (Phi) is 5.00. The van der Waals surface area contributed by atoms with Gasteiger partial charge in [0.2, 0.25) is 0 Å². The van der Waals surface area contributed by atoms with Crippen LogP contribution in [0.5, 0.6) is 0 Å². The van der Waals surface area contributed by atoms with E-state index in [0.717, 1.165) is 29.7 Å². The Morgan fingerprint density at radius 2 is 1.79 bits per heavy atom. The number of benzene rings is 2. The van der Waals surface area contributed by atoms with Crippen LogP contribution in [0.2, 0.25) is 0 Å². The summed E-state index contributed by atoms with van der Waals surface area (Å²) in [5.74, 6) is 0. The minimum Gasteiger partial charge on any atom is -0.399 e. The van der Waals surface area contributed by atoms with Gasteiger partial charge in [-0.25, -0.2) is 0 Å². The van der Waals surface area contributed by atoms with Crippen molar-refractivity contribution in [1.82, 2.24) is 4.90 Å². The smallest absolute Gasteiger partial charge is 0.0314 e. The third-order valence-corrected chi connectivity index (χ3v) is 3.60. The first-order chi connectivity index (χ1) is 9.13. The van der Waals surface area contributed by atoms with E-state index in [1.54, 1.807) is 0 Å². The third-order valence-electron chi connectivity index (χ3n) is 3.10. The lowest BCUT2D eigenvalue weighted by molar-refractivity contribution is 0.331. The highest BCUT2D eigenvalue weighted by Gasteiger charge is 2.01. The molecule has 0 aliphatic carbocycles. The lowest BCUT2D eigenvalue weighted by atomic mass is 10.1. The molecule has 0 saturated heterocycles. The first kappa shape index (κ1) is 14.1. The number of nitrogens with two attached hydrogens (primary N) is 1. The zero-order valence-electron chi connectivity index (χ0n) is 11.1. The maximum atomic E-state index is 5.69. The van der Waals surface area contributed by atoms with E-state index in [4.69, 9.17) is 5.73 Å².